The van der Waals surface area contributed by atoms with Gasteiger partial charge >= 0.3 is 5.97 Å². The van der Waals surface area contributed by atoms with Crippen molar-refractivity contribution in [2.75, 3.05) is 25.5 Å². The van der Waals surface area contributed by atoms with E-state index in [4.69, 9.17) is 5.11 Å². The number of hydrazone groups is 1. The standard InChI is InChI=1S/C18H19N3O3/c1-21(2)16-9-7-14(8-10-16)17(22)12-20-19-11-13-3-5-15(6-4-13)18(23)24/h3-11,20H,12H2,1-2H3,(H,23,24)/b19-11+. The molecule has 0 heterocycles. The molecule has 0 aliphatic rings. The predicted octanol–water partition coefficient (Wildman–Crippen LogP) is 2.26. The molecule has 0 saturated heterocycles. The average Bonchev–Trinajstić information content (AvgIpc) is 2.59. The number of Topliss-reactive ketones (excluding diaryl/α,β-unsaturated/α-hetero) is 1. The fourth-order valence-corrected chi connectivity index (χ4v) is 2.00. The maximum absolute atomic E-state index is 12.0. The molecule has 0 spiro atoms. The van der Waals surface area contributed by atoms with Crippen LogP contribution in [-0.2, 0) is 0 Å². The third-order valence-corrected chi connectivity index (χ3v) is 3.41. The minimum atomic E-state index is -0.970. The summed E-state index contributed by atoms with van der Waals surface area (Å²) in [6, 6.07) is 13.7. The second-order valence-corrected chi connectivity index (χ2v) is 5.38. The fraction of sp³-hybridized carbons (Fsp3) is 0.167. The number of aromatic carboxylic acids is 1. The number of rotatable bonds is 7. The number of nitrogens with one attached hydrogen (secondary N) is 1. The first-order valence-corrected chi connectivity index (χ1v) is 7.37. The van der Waals surface area contributed by atoms with Crippen molar-refractivity contribution in [2.45, 2.75) is 0 Å². The zero-order chi connectivity index (χ0) is 17.5. The normalized spacial score (nSPS) is 10.6. The molecule has 0 aliphatic heterocycles. The van der Waals surface area contributed by atoms with Crippen LogP contribution >= 0.6 is 0 Å². The van der Waals surface area contributed by atoms with Crippen LogP contribution in [0.2, 0.25) is 0 Å². The second kappa shape index (κ2) is 7.92. The Kier molecular flexibility index (Phi) is 5.68. The summed E-state index contributed by atoms with van der Waals surface area (Å²) in [5.41, 5.74) is 5.31. The fourth-order valence-electron chi connectivity index (χ4n) is 2.00. The van der Waals surface area contributed by atoms with E-state index in [2.05, 4.69) is 10.5 Å². The van der Waals surface area contributed by atoms with Crippen LogP contribution in [0, 0.1) is 0 Å². The van der Waals surface area contributed by atoms with E-state index < -0.39 is 5.97 Å². The Morgan fingerprint density at radius 1 is 1.04 bits per heavy atom. The Balaban J connectivity index is 1.86. The van der Waals surface area contributed by atoms with Gasteiger partial charge in [0.15, 0.2) is 5.78 Å². The molecule has 2 aromatic rings. The summed E-state index contributed by atoms with van der Waals surface area (Å²) in [6.45, 7) is 0.0883. The summed E-state index contributed by atoms with van der Waals surface area (Å²) >= 11 is 0. The van der Waals surface area contributed by atoms with Gasteiger partial charge in [0.25, 0.3) is 0 Å². The molecule has 0 amide bonds. The highest BCUT2D eigenvalue weighted by Crippen LogP contribution is 2.12. The highest BCUT2D eigenvalue weighted by atomic mass is 16.4. The quantitative estimate of drug-likeness (QED) is 0.463. The molecule has 0 aromatic heterocycles. The topological polar surface area (TPSA) is 82.0 Å². The van der Waals surface area contributed by atoms with E-state index in [1.54, 1.807) is 24.3 Å². The number of anilines is 1. The zero-order valence-electron chi connectivity index (χ0n) is 13.6. The maximum atomic E-state index is 12.0. The monoisotopic (exact) mass is 325 g/mol. The summed E-state index contributed by atoms with van der Waals surface area (Å²) in [6.07, 6.45) is 1.54. The lowest BCUT2D eigenvalue weighted by molar-refractivity contribution is 0.0696. The second-order valence-electron chi connectivity index (χ2n) is 5.38. The molecule has 0 saturated carbocycles. The SMILES string of the molecule is CN(C)c1ccc(C(=O)CN/N=C/c2ccc(C(=O)O)cc2)cc1. The van der Waals surface area contributed by atoms with Gasteiger partial charge in [-0.25, -0.2) is 4.79 Å². The van der Waals surface area contributed by atoms with Crippen LogP contribution in [-0.4, -0.2) is 43.7 Å². The van der Waals surface area contributed by atoms with Crippen molar-refractivity contribution in [1.82, 2.24) is 5.43 Å². The van der Waals surface area contributed by atoms with E-state index in [0.717, 1.165) is 11.3 Å². The van der Waals surface area contributed by atoms with Gasteiger partial charge in [-0.3, -0.25) is 4.79 Å². The lowest BCUT2D eigenvalue weighted by atomic mass is 10.1. The minimum Gasteiger partial charge on any atom is -0.478 e. The van der Waals surface area contributed by atoms with Gasteiger partial charge in [-0.1, -0.05) is 12.1 Å². The molecule has 0 aliphatic carbocycles. The van der Waals surface area contributed by atoms with Gasteiger partial charge in [0.1, 0.15) is 0 Å². The number of nitrogens with zero attached hydrogens (tertiary/aromatic N) is 2. The number of carboxylic acid groups (broad SMARTS) is 1. The van der Waals surface area contributed by atoms with Crippen molar-refractivity contribution in [2.24, 2.45) is 5.10 Å². The van der Waals surface area contributed by atoms with Crippen molar-refractivity contribution in [1.29, 1.82) is 0 Å². The Morgan fingerprint density at radius 2 is 1.62 bits per heavy atom. The molecular formula is C18H19N3O3. The molecule has 124 valence electrons. The molecule has 2 aromatic carbocycles. The number of carbonyl (C=O) groups is 2. The van der Waals surface area contributed by atoms with Crippen LogP contribution in [0.4, 0.5) is 5.69 Å². The third kappa shape index (κ3) is 4.67. The van der Waals surface area contributed by atoms with Crippen LogP contribution < -0.4 is 10.3 Å². The number of carbonyl (C=O) groups excluding carboxylic acids is 1. The molecule has 0 unspecified atom stereocenters. The number of carboxylic acids is 1. The summed E-state index contributed by atoms with van der Waals surface area (Å²) < 4.78 is 0. The van der Waals surface area contributed by atoms with Crippen molar-refractivity contribution in [3.63, 3.8) is 0 Å². The molecule has 0 bridgehead atoms. The van der Waals surface area contributed by atoms with E-state index in [0.29, 0.717) is 5.56 Å². The van der Waals surface area contributed by atoms with Crippen LogP contribution in [0.1, 0.15) is 26.3 Å². The first-order valence-electron chi connectivity index (χ1n) is 7.37. The molecular weight excluding hydrogens is 306 g/mol. The summed E-state index contributed by atoms with van der Waals surface area (Å²) in [7, 11) is 3.88. The van der Waals surface area contributed by atoms with E-state index in [9.17, 15) is 9.59 Å². The number of ketones is 1. The predicted molar refractivity (Wildman–Crippen MR) is 94.1 cm³/mol. The van der Waals surface area contributed by atoms with Crippen LogP contribution in [0.5, 0.6) is 0 Å². The molecule has 24 heavy (non-hydrogen) atoms. The van der Waals surface area contributed by atoms with Crippen molar-refractivity contribution >= 4 is 23.7 Å². The molecule has 6 nitrogen and oxygen atoms in total. The van der Waals surface area contributed by atoms with E-state index in [1.807, 2.05) is 31.1 Å². The lowest BCUT2D eigenvalue weighted by Gasteiger charge is -2.12. The van der Waals surface area contributed by atoms with E-state index in [1.165, 1.54) is 18.3 Å². The minimum absolute atomic E-state index is 0.0568. The first-order chi connectivity index (χ1) is 11.5. The lowest BCUT2D eigenvalue weighted by Crippen LogP contribution is -2.18. The number of benzene rings is 2. The van der Waals surface area contributed by atoms with Crippen LogP contribution in [0.3, 0.4) is 0 Å². The molecule has 0 radical (unpaired) electrons. The smallest absolute Gasteiger partial charge is 0.335 e. The number of hydrogen-bond donors (Lipinski definition) is 2. The largest absolute Gasteiger partial charge is 0.478 e. The molecule has 6 heteroatoms. The highest BCUT2D eigenvalue weighted by molar-refractivity contribution is 5.98. The molecule has 2 N–H and O–H groups in total. The van der Waals surface area contributed by atoms with Gasteiger partial charge in [0, 0.05) is 25.3 Å². The van der Waals surface area contributed by atoms with Crippen LogP contribution in [0.25, 0.3) is 0 Å². The Morgan fingerprint density at radius 3 is 2.17 bits per heavy atom. The third-order valence-electron chi connectivity index (χ3n) is 3.41. The van der Waals surface area contributed by atoms with Gasteiger partial charge in [-0.15, -0.1) is 0 Å². The average molecular weight is 325 g/mol. The van der Waals surface area contributed by atoms with Gasteiger partial charge in [-0.2, -0.15) is 5.10 Å². The summed E-state index contributed by atoms with van der Waals surface area (Å²) in [5.74, 6) is -1.03. The summed E-state index contributed by atoms with van der Waals surface area (Å²) in [4.78, 5) is 24.8. The van der Waals surface area contributed by atoms with E-state index >= 15 is 0 Å². The first kappa shape index (κ1) is 17.2. The molecule has 0 atom stereocenters. The van der Waals surface area contributed by atoms with Gasteiger partial charge < -0.3 is 15.4 Å². The Labute approximate surface area is 140 Å². The van der Waals surface area contributed by atoms with Crippen molar-refractivity contribution < 1.29 is 14.7 Å². The maximum Gasteiger partial charge on any atom is 0.335 e. The van der Waals surface area contributed by atoms with Crippen LogP contribution in [0.15, 0.2) is 53.6 Å². The molecule has 2 rings (SSSR count). The number of hydrogen-bond acceptors (Lipinski definition) is 5. The van der Waals surface area contributed by atoms with Gasteiger partial charge in [0.05, 0.1) is 18.3 Å². The zero-order valence-corrected chi connectivity index (χ0v) is 13.6. The van der Waals surface area contributed by atoms with Gasteiger partial charge in [0.2, 0.25) is 0 Å². The van der Waals surface area contributed by atoms with E-state index in [-0.39, 0.29) is 17.9 Å². The van der Waals surface area contributed by atoms with Gasteiger partial charge in [-0.05, 0) is 42.0 Å². The highest BCUT2D eigenvalue weighted by Gasteiger charge is 2.05. The summed E-state index contributed by atoms with van der Waals surface area (Å²) in [5, 5.41) is 12.8. The Hall–Kier alpha value is -3.15. The Bertz CT molecular complexity index is 735. The van der Waals surface area contributed by atoms with Crippen molar-refractivity contribution in [3.05, 3.63) is 65.2 Å². The van der Waals surface area contributed by atoms with Crippen molar-refractivity contribution in [3.8, 4) is 0 Å². The molecule has 0 fully saturated rings.